The van der Waals surface area contributed by atoms with E-state index in [0.29, 0.717) is 5.56 Å². The minimum atomic E-state index is -4.58. The van der Waals surface area contributed by atoms with Gasteiger partial charge in [-0.25, -0.2) is 9.37 Å². The Morgan fingerprint density at radius 2 is 1.70 bits per heavy atom. The maximum Gasteiger partial charge on any atom is 0.434 e. The summed E-state index contributed by atoms with van der Waals surface area (Å²) in [6.07, 6.45) is -3.71. The molecule has 118 valence electrons. The number of hydrogen-bond acceptors (Lipinski definition) is 1. The predicted octanol–water partition coefficient (Wildman–Crippen LogP) is 5.46. The standard InChI is InChI=1S/C16H9BrF4N2/c17-12-7-6-11(8-13(12)18)23-9-14(16(19,20)21)22-15(23)10-4-2-1-3-5-10/h1-9H. The lowest BCUT2D eigenvalue weighted by Gasteiger charge is -2.08. The average Bonchev–Trinajstić information content (AvgIpc) is 2.96. The van der Waals surface area contributed by atoms with Gasteiger partial charge in [0, 0.05) is 11.8 Å². The molecule has 0 saturated carbocycles. The van der Waals surface area contributed by atoms with Gasteiger partial charge in [0.2, 0.25) is 0 Å². The first-order valence-corrected chi connectivity index (χ1v) is 7.33. The summed E-state index contributed by atoms with van der Waals surface area (Å²) in [6.45, 7) is 0. The number of halogens is 5. The summed E-state index contributed by atoms with van der Waals surface area (Å²) >= 11 is 3.02. The molecule has 0 spiro atoms. The second-order valence-electron chi connectivity index (χ2n) is 4.78. The minimum absolute atomic E-state index is 0.0969. The first-order valence-electron chi connectivity index (χ1n) is 6.53. The summed E-state index contributed by atoms with van der Waals surface area (Å²) in [5.41, 5.74) is -0.265. The molecule has 0 radical (unpaired) electrons. The van der Waals surface area contributed by atoms with Crippen molar-refractivity contribution in [3.05, 3.63) is 70.7 Å². The van der Waals surface area contributed by atoms with E-state index in [1.807, 2.05) is 0 Å². The molecule has 3 rings (SSSR count). The van der Waals surface area contributed by atoms with Gasteiger partial charge in [0.15, 0.2) is 5.69 Å². The van der Waals surface area contributed by atoms with E-state index in [9.17, 15) is 17.6 Å². The molecule has 0 aliphatic rings. The fourth-order valence-corrected chi connectivity index (χ4v) is 2.39. The van der Waals surface area contributed by atoms with Crippen LogP contribution in [0.3, 0.4) is 0 Å². The number of rotatable bonds is 2. The molecule has 0 atom stereocenters. The molecule has 0 fully saturated rings. The van der Waals surface area contributed by atoms with Crippen LogP contribution in [0.1, 0.15) is 5.69 Å². The van der Waals surface area contributed by atoms with Crippen LogP contribution in [0.4, 0.5) is 17.6 Å². The van der Waals surface area contributed by atoms with E-state index in [-0.39, 0.29) is 16.0 Å². The zero-order valence-electron chi connectivity index (χ0n) is 11.5. The minimum Gasteiger partial charge on any atom is -0.299 e. The molecular formula is C16H9BrF4N2. The monoisotopic (exact) mass is 384 g/mol. The number of alkyl halides is 3. The Bertz CT molecular complexity index is 841. The molecule has 0 bridgehead atoms. The molecule has 0 aliphatic heterocycles. The molecule has 3 aromatic rings. The molecule has 0 saturated heterocycles. The summed E-state index contributed by atoms with van der Waals surface area (Å²) in [4.78, 5) is 3.68. The largest absolute Gasteiger partial charge is 0.434 e. The second kappa shape index (κ2) is 5.81. The normalized spacial score (nSPS) is 11.7. The Morgan fingerprint density at radius 1 is 1.00 bits per heavy atom. The van der Waals surface area contributed by atoms with E-state index in [0.717, 1.165) is 12.3 Å². The Labute approximate surface area is 137 Å². The Hall–Kier alpha value is -2.15. The first kappa shape index (κ1) is 15.7. The number of aromatic nitrogens is 2. The molecular weight excluding hydrogens is 376 g/mol. The molecule has 1 heterocycles. The Morgan fingerprint density at radius 3 is 2.30 bits per heavy atom. The Kier molecular flexibility index (Phi) is 3.97. The van der Waals surface area contributed by atoms with Crippen molar-refractivity contribution in [1.29, 1.82) is 0 Å². The highest BCUT2D eigenvalue weighted by Gasteiger charge is 2.35. The predicted molar refractivity (Wildman–Crippen MR) is 81.7 cm³/mol. The maximum atomic E-state index is 13.7. The van der Waals surface area contributed by atoms with Gasteiger partial charge in [0.1, 0.15) is 11.6 Å². The van der Waals surface area contributed by atoms with Crippen LogP contribution in [0.25, 0.3) is 17.1 Å². The van der Waals surface area contributed by atoms with Crippen molar-refractivity contribution in [2.45, 2.75) is 6.18 Å². The van der Waals surface area contributed by atoms with Gasteiger partial charge in [-0.05, 0) is 34.1 Å². The summed E-state index contributed by atoms with van der Waals surface area (Å²) in [7, 11) is 0. The maximum absolute atomic E-state index is 13.7. The van der Waals surface area contributed by atoms with E-state index < -0.39 is 17.7 Å². The zero-order valence-corrected chi connectivity index (χ0v) is 13.1. The van der Waals surface area contributed by atoms with Crippen LogP contribution < -0.4 is 0 Å². The van der Waals surface area contributed by atoms with Crippen molar-refractivity contribution in [1.82, 2.24) is 9.55 Å². The molecule has 7 heteroatoms. The van der Waals surface area contributed by atoms with Crippen LogP contribution in [0.15, 0.2) is 59.2 Å². The Balaban J connectivity index is 2.22. The fraction of sp³-hybridized carbons (Fsp3) is 0.0625. The number of nitrogens with zero attached hydrogens (tertiary/aromatic N) is 2. The molecule has 2 nitrogen and oxygen atoms in total. The van der Waals surface area contributed by atoms with Gasteiger partial charge in [0.05, 0.1) is 10.2 Å². The first-order chi connectivity index (χ1) is 10.9. The second-order valence-corrected chi connectivity index (χ2v) is 5.64. The van der Waals surface area contributed by atoms with Gasteiger partial charge in [-0.1, -0.05) is 30.3 Å². The van der Waals surface area contributed by atoms with Crippen LogP contribution in [-0.4, -0.2) is 9.55 Å². The van der Waals surface area contributed by atoms with Crippen molar-refractivity contribution < 1.29 is 17.6 Å². The van der Waals surface area contributed by atoms with Gasteiger partial charge < -0.3 is 0 Å². The van der Waals surface area contributed by atoms with Gasteiger partial charge in [0.25, 0.3) is 0 Å². The number of benzene rings is 2. The van der Waals surface area contributed by atoms with Crippen LogP contribution >= 0.6 is 15.9 Å². The van der Waals surface area contributed by atoms with E-state index in [4.69, 9.17) is 0 Å². The summed E-state index contributed by atoms with van der Waals surface area (Å²) in [5, 5.41) is 0. The van der Waals surface area contributed by atoms with Gasteiger partial charge in [-0.2, -0.15) is 13.2 Å². The molecule has 0 amide bonds. The summed E-state index contributed by atoms with van der Waals surface area (Å²) in [6, 6.07) is 12.5. The highest BCUT2D eigenvalue weighted by molar-refractivity contribution is 9.10. The highest BCUT2D eigenvalue weighted by atomic mass is 79.9. The van der Waals surface area contributed by atoms with Crippen molar-refractivity contribution in [2.24, 2.45) is 0 Å². The summed E-state index contributed by atoms with van der Waals surface area (Å²) in [5.74, 6) is -0.469. The average molecular weight is 385 g/mol. The third kappa shape index (κ3) is 3.14. The van der Waals surface area contributed by atoms with Crippen LogP contribution in [0, 0.1) is 5.82 Å². The lowest BCUT2D eigenvalue weighted by atomic mass is 10.2. The number of hydrogen-bond donors (Lipinski definition) is 0. The summed E-state index contributed by atoms with van der Waals surface area (Å²) < 4.78 is 54.2. The van der Waals surface area contributed by atoms with Gasteiger partial charge in [-0.3, -0.25) is 4.57 Å². The van der Waals surface area contributed by atoms with Crippen molar-refractivity contribution >= 4 is 15.9 Å². The van der Waals surface area contributed by atoms with E-state index in [1.165, 1.54) is 16.7 Å². The molecule has 23 heavy (non-hydrogen) atoms. The van der Waals surface area contributed by atoms with Crippen molar-refractivity contribution in [3.63, 3.8) is 0 Å². The SMILES string of the molecule is Fc1cc(-n2cc(C(F)(F)F)nc2-c2ccccc2)ccc1Br. The van der Waals surface area contributed by atoms with Crippen LogP contribution in [-0.2, 0) is 6.18 Å². The van der Waals surface area contributed by atoms with E-state index in [1.54, 1.807) is 30.3 Å². The molecule has 0 N–H and O–H groups in total. The van der Waals surface area contributed by atoms with Crippen LogP contribution in [0.2, 0.25) is 0 Å². The lowest BCUT2D eigenvalue weighted by Crippen LogP contribution is -2.05. The fourth-order valence-electron chi connectivity index (χ4n) is 2.14. The molecule has 2 aromatic carbocycles. The van der Waals surface area contributed by atoms with Gasteiger partial charge in [-0.15, -0.1) is 0 Å². The van der Waals surface area contributed by atoms with E-state index >= 15 is 0 Å². The van der Waals surface area contributed by atoms with Crippen LogP contribution in [0.5, 0.6) is 0 Å². The highest BCUT2D eigenvalue weighted by Crippen LogP contribution is 2.33. The van der Waals surface area contributed by atoms with Crippen molar-refractivity contribution in [3.8, 4) is 17.1 Å². The topological polar surface area (TPSA) is 17.8 Å². The lowest BCUT2D eigenvalue weighted by molar-refractivity contribution is -0.140. The molecule has 0 unspecified atom stereocenters. The molecule has 1 aromatic heterocycles. The van der Waals surface area contributed by atoms with Crippen molar-refractivity contribution in [2.75, 3.05) is 0 Å². The molecule has 0 aliphatic carbocycles. The quantitative estimate of drug-likeness (QED) is 0.536. The van der Waals surface area contributed by atoms with E-state index in [2.05, 4.69) is 20.9 Å². The third-order valence-electron chi connectivity index (χ3n) is 3.21. The zero-order chi connectivity index (χ0) is 16.6. The third-order valence-corrected chi connectivity index (χ3v) is 3.85. The number of imidazole rings is 1. The smallest absolute Gasteiger partial charge is 0.299 e. The van der Waals surface area contributed by atoms with Gasteiger partial charge >= 0.3 is 6.18 Å².